The molecule has 3 aromatic rings. The van der Waals surface area contributed by atoms with Gasteiger partial charge in [-0.05, 0) is 32.0 Å². The van der Waals surface area contributed by atoms with E-state index in [0.717, 1.165) is 0 Å². The van der Waals surface area contributed by atoms with Crippen LogP contribution in [0.1, 0.15) is 28.5 Å². The van der Waals surface area contributed by atoms with Crippen LogP contribution in [0.5, 0.6) is 0 Å². The van der Waals surface area contributed by atoms with Crippen molar-refractivity contribution in [2.45, 2.75) is 25.8 Å². The molecular formula is C15H13Cl2FN2S. The normalized spacial score (nSPS) is 13.0. The standard InChI is InChI=1S/C15H13Cl2FN2S/c1-8-3-4-14(21-8)9(2)20-13-6-11(18)10(17)5-12(13)19-15(20)7-16/h3-6,9H,7H2,1-2H3. The van der Waals surface area contributed by atoms with Gasteiger partial charge in [0.2, 0.25) is 0 Å². The predicted molar refractivity (Wildman–Crippen MR) is 87.1 cm³/mol. The third-order valence-corrected chi connectivity index (χ3v) is 5.18. The minimum absolute atomic E-state index is 0.0445. The number of rotatable bonds is 3. The Kier molecular flexibility index (Phi) is 3.95. The van der Waals surface area contributed by atoms with Crippen molar-refractivity contribution in [3.05, 3.63) is 50.7 Å². The van der Waals surface area contributed by atoms with Gasteiger partial charge in [0.1, 0.15) is 11.6 Å². The number of aromatic nitrogens is 2. The van der Waals surface area contributed by atoms with E-state index < -0.39 is 5.82 Å². The molecule has 0 aliphatic heterocycles. The lowest BCUT2D eigenvalue weighted by Gasteiger charge is -2.15. The highest BCUT2D eigenvalue weighted by Gasteiger charge is 2.19. The van der Waals surface area contributed by atoms with E-state index in [1.165, 1.54) is 15.8 Å². The van der Waals surface area contributed by atoms with E-state index in [9.17, 15) is 4.39 Å². The van der Waals surface area contributed by atoms with Crippen LogP contribution in [0.3, 0.4) is 0 Å². The molecule has 0 bridgehead atoms. The van der Waals surface area contributed by atoms with E-state index in [0.29, 0.717) is 16.9 Å². The Morgan fingerprint density at radius 1 is 1.38 bits per heavy atom. The third-order valence-electron chi connectivity index (χ3n) is 3.48. The molecular weight excluding hydrogens is 330 g/mol. The smallest absolute Gasteiger partial charge is 0.144 e. The Hall–Kier alpha value is -1.10. The van der Waals surface area contributed by atoms with Gasteiger partial charge in [-0.2, -0.15) is 0 Å². The highest BCUT2D eigenvalue weighted by atomic mass is 35.5. The first-order chi connectivity index (χ1) is 10.0. The molecule has 0 spiro atoms. The van der Waals surface area contributed by atoms with Crippen molar-refractivity contribution in [3.8, 4) is 0 Å². The summed E-state index contributed by atoms with van der Waals surface area (Å²) in [6.45, 7) is 4.13. The van der Waals surface area contributed by atoms with Gasteiger partial charge in [0.25, 0.3) is 0 Å². The van der Waals surface area contributed by atoms with Crippen LogP contribution in [-0.2, 0) is 5.88 Å². The number of hydrogen-bond acceptors (Lipinski definition) is 2. The zero-order valence-corrected chi connectivity index (χ0v) is 13.9. The maximum absolute atomic E-state index is 13.8. The van der Waals surface area contributed by atoms with Crippen LogP contribution in [0.4, 0.5) is 4.39 Å². The summed E-state index contributed by atoms with van der Waals surface area (Å²) in [4.78, 5) is 6.90. The lowest BCUT2D eigenvalue weighted by atomic mass is 10.2. The van der Waals surface area contributed by atoms with Crippen molar-refractivity contribution >= 4 is 45.6 Å². The van der Waals surface area contributed by atoms with Crippen molar-refractivity contribution in [3.63, 3.8) is 0 Å². The largest absolute Gasteiger partial charge is 0.319 e. The first-order valence-electron chi connectivity index (χ1n) is 6.49. The van der Waals surface area contributed by atoms with Crippen LogP contribution in [0, 0.1) is 12.7 Å². The van der Waals surface area contributed by atoms with E-state index in [2.05, 4.69) is 31.0 Å². The summed E-state index contributed by atoms with van der Waals surface area (Å²) in [6.07, 6.45) is 0. The summed E-state index contributed by atoms with van der Waals surface area (Å²) >= 11 is 13.6. The number of halogens is 3. The lowest BCUT2D eigenvalue weighted by molar-refractivity contribution is 0.621. The monoisotopic (exact) mass is 342 g/mol. The van der Waals surface area contributed by atoms with Gasteiger partial charge in [-0.25, -0.2) is 9.37 Å². The average molecular weight is 343 g/mol. The molecule has 2 aromatic heterocycles. The van der Waals surface area contributed by atoms with E-state index >= 15 is 0 Å². The summed E-state index contributed by atoms with van der Waals surface area (Å²) < 4.78 is 15.8. The number of alkyl halides is 1. The second-order valence-electron chi connectivity index (χ2n) is 4.91. The van der Waals surface area contributed by atoms with Crippen molar-refractivity contribution in [2.24, 2.45) is 0 Å². The summed E-state index contributed by atoms with van der Waals surface area (Å²) in [7, 11) is 0. The molecule has 21 heavy (non-hydrogen) atoms. The molecule has 0 N–H and O–H groups in total. The van der Waals surface area contributed by atoms with Gasteiger partial charge < -0.3 is 4.57 Å². The Morgan fingerprint density at radius 2 is 2.14 bits per heavy atom. The van der Waals surface area contributed by atoms with Crippen LogP contribution in [0.15, 0.2) is 24.3 Å². The van der Waals surface area contributed by atoms with Crippen LogP contribution >= 0.6 is 34.5 Å². The van der Waals surface area contributed by atoms with Gasteiger partial charge in [-0.15, -0.1) is 22.9 Å². The fourth-order valence-electron chi connectivity index (χ4n) is 2.47. The predicted octanol–water partition coefficient (Wildman–Crippen LogP) is 5.55. The Balaban J connectivity index is 2.22. The second kappa shape index (κ2) is 5.59. The summed E-state index contributed by atoms with van der Waals surface area (Å²) in [5.74, 6) is 0.538. The maximum atomic E-state index is 13.8. The maximum Gasteiger partial charge on any atom is 0.144 e. The number of aryl methyl sites for hydroxylation is 1. The second-order valence-corrected chi connectivity index (χ2v) is 6.91. The van der Waals surface area contributed by atoms with Gasteiger partial charge in [0.15, 0.2) is 0 Å². The molecule has 0 radical (unpaired) electrons. The van der Waals surface area contributed by atoms with Crippen molar-refractivity contribution in [2.75, 3.05) is 0 Å². The number of benzene rings is 1. The number of hydrogen-bond donors (Lipinski definition) is 0. The quantitative estimate of drug-likeness (QED) is 0.571. The Morgan fingerprint density at radius 3 is 2.76 bits per heavy atom. The van der Waals surface area contributed by atoms with Crippen LogP contribution in [0.2, 0.25) is 5.02 Å². The van der Waals surface area contributed by atoms with Crippen molar-refractivity contribution in [1.29, 1.82) is 0 Å². The highest BCUT2D eigenvalue weighted by Crippen LogP contribution is 2.32. The zero-order valence-electron chi connectivity index (χ0n) is 11.5. The number of fused-ring (bicyclic) bond motifs is 1. The van der Waals surface area contributed by atoms with Gasteiger partial charge in [0, 0.05) is 15.8 Å². The van der Waals surface area contributed by atoms with Crippen molar-refractivity contribution < 1.29 is 4.39 Å². The van der Waals surface area contributed by atoms with E-state index in [-0.39, 0.29) is 16.9 Å². The van der Waals surface area contributed by atoms with Crippen LogP contribution in [-0.4, -0.2) is 9.55 Å². The Labute approximate surface area is 136 Å². The minimum Gasteiger partial charge on any atom is -0.319 e. The molecule has 6 heteroatoms. The lowest BCUT2D eigenvalue weighted by Crippen LogP contribution is -2.08. The number of imidazole rings is 1. The zero-order chi connectivity index (χ0) is 15.1. The molecule has 0 aliphatic rings. The molecule has 0 aliphatic carbocycles. The highest BCUT2D eigenvalue weighted by molar-refractivity contribution is 7.12. The molecule has 1 aromatic carbocycles. The molecule has 2 heterocycles. The van der Waals surface area contributed by atoms with Gasteiger partial charge in [0.05, 0.1) is 28.0 Å². The molecule has 3 rings (SSSR count). The van der Waals surface area contributed by atoms with E-state index in [1.807, 2.05) is 4.57 Å². The molecule has 0 saturated carbocycles. The SMILES string of the molecule is Cc1ccc(C(C)n2c(CCl)nc3cc(Cl)c(F)cc32)s1. The minimum atomic E-state index is -0.444. The van der Waals surface area contributed by atoms with Crippen molar-refractivity contribution in [1.82, 2.24) is 9.55 Å². The van der Waals surface area contributed by atoms with Crippen LogP contribution < -0.4 is 0 Å². The van der Waals surface area contributed by atoms with Gasteiger partial charge in [-0.3, -0.25) is 0 Å². The average Bonchev–Trinajstić information content (AvgIpc) is 3.02. The molecule has 1 unspecified atom stereocenters. The van der Waals surface area contributed by atoms with Crippen LogP contribution in [0.25, 0.3) is 11.0 Å². The van der Waals surface area contributed by atoms with E-state index in [1.54, 1.807) is 17.4 Å². The molecule has 110 valence electrons. The van der Waals surface area contributed by atoms with Gasteiger partial charge >= 0.3 is 0 Å². The van der Waals surface area contributed by atoms with Gasteiger partial charge in [-0.1, -0.05) is 11.6 Å². The number of nitrogens with zero attached hydrogens (tertiary/aromatic N) is 2. The summed E-state index contributed by atoms with van der Waals surface area (Å²) in [6, 6.07) is 7.18. The number of thiophene rings is 1. The molecule has 0 fully saturated rings. The summed E-state index contributed by atoms with van der Waals surface area (Å²) in [5, 5.41) is 0.0768. The fourth-order valence-corrected chi connectivity index (χ4v) is 3.74. The third kappa shape index (κ3) is 2.56. The first kappa shape index (κ1) is 14.8. The fraction of sp³-hybridized carbons (Fsp3) is 0.267. The first-order valence-corrected chi connectivity index (χ1v) is 8.22. The Bertz CT molecular complexity index is 809. The molecule has 1 atom stereocenters. The molecule has 2 nitrogen and oxygen atoms in total. The molecule has 0 amide bonds. The summed E-state index contributed by atoms with van der Waals surface area (Å²) in [5.41, 5.74) is 1.38. The molecule has 0 saturated heterocycles. The topological polar surface area (TPSA) is 17.8 Å². The van der Waals surface area contributed by atoms with E-state index in [4.69, 9.17) is 23.2 Å².